The molecule has 0 heteroatoms. The van der Waals surface area contributed by atoms with Gasteiger partial charge < -0.3 is 0 Å². The molecule has 0 aliphatic heterocycles. The largest absolute Gasteiger partial charge is 0.0767 e. The molecule has 1 aromatic rings. The third-order valence-corrected chi connectivity index (χ3v) is 4.88. The molecule has 4 rings (SSSR count). The molecule has 1 aromatic carbocycles. The third-order valence-electron chi connectivity index (χ3n) is 4.88. The van der Waals surface area contributed by atoms with Gasteiger partial charge in [0, 0.05) is 11.3 Å². The van der Waals surface area contributed by atoms with Gasteiger partial charge in [0.05, 0.1) is 0 Å². The zero-order valence-corrected chi connectivity index (χ0v) is 11.5. The van der Waals surface area contributed by atoms with Crippen LogP contribution in [0.5, 0.6) is 0 Å². The van der Waals surface area contributed by atoms with Crippen molar-refractivity contribution in [3.8, 4) is 0 Å². The molecule has 94 valence electrons. The van der Waals surface area contributed by atoms with Gasteiger partial charge in [-0.25, -0.2) is 0 Å². The van der Waals surface area contributed by atoms with Crippen LogP contribution in [0.1, 0.15) is 31.4 Å². The first-order valence-electron chi connectivity index (χ1n) is 7.08. The fourth-order valence-corrected chi connectivity index (χ4v) is 3.78. The van der Waals surface area contributed by atoms with Crippen LogP contribution in [-0.4, -0.2) is 0 Å². The molecule has 0 amide bonds. The summed E-state index contributed by atoms with van der Waals surface area (Å²) < 4.78 is 0. The van der Waals surface area contributed by atoms with Crippen molar-refractivity contribution < 1.29 is 0 Å². The quantitative estimate of drug-likeness (QED) is 0.616. The maximum Gasteiger partial charge on any atom is 0.0121 e. The van der Waals surface area contributed by atoms with Crippen molar-refractivity contribution >= 4 is 5.57 Å². The molecular weight excluding hydrogens is 228 g/mol. The van der Waals surface area contributed by atoms with Gasteiger partial charge in [0.1, 0.15) is 0 Å². The van der Waals surface area contributed by atoms with Gasteiger partial charge in [0.15, 0.2) is 0 Å². The second-order valence-corrected chi connectivity index (χ2v) is 6.26. The van der Waals surface area contributed by atoms with Crippen LogP contribution in [0.25, 0.3) is 5.57 Å². The molecule has 19 heavy (non-hydrogen) atoms. The normalized spacial score (nSPS) is 25.8. The summed E-state index contributed by atoms with van der Waals surface area (Å²) in [6.45, 7) is 4.74. The Labute approximate surface area is 114 Å². The van der Waals surface area contributed by atoms with Crippen LogP contribution in [0.2, 0.25) is 0 Å². The Kier molecular flexibility index (Phi) is 2.09. The zero-order valence-electron chi connectivity index (χ0n) is 11.5. The van der Waals surface area contributed by atoms with E-state index in [1.807, 2.05) is 0 Å². The lowest BCUT2D eigenvalue weighted by atomic mass is 9.73. The first-order chi connectivity index (χ1) is 9.18. The van der Waals surface area contributed by atoms with Gasteiger partial charge in [-0.3, -0.25) is 0 Å². The minimum Gasteiger partial charge on any atom is -0.0767 e. The average Bonchev–Trinajstić information content (AvgIpc) is 2.66. The predicted molar refractivity (Wildman–Crippen MR) is 80.9 cm³/mol. The molecule has 0 radical (unpaired) electrons. The maximum absolute atomic E-state index is 2.41. The van der Waals surface area contributed by atoms with E-state index in [4.69, 9.17) is 0 Å². The van der Waals surface area contributed by atoms with Crippen molar-refractivity contribution in [1.29, 1.82) is 0 Å². The molecule has 1 atom stereocenters. The summed E-state index contributed by atoms with van der Waals surface area (Å²) in [5.74, 6) is 0.581. The fourth-order valence-electron chi connectivity index (χ4n) is 3.78. The molecule has 0 saturated heterocycles. The Morgan fingerprint density at radius 3 is 2.84 bits per heavy atom. The predicted octanol–water partition coefficient (Wildman–Crippen LogP) is 4.80. The Bertz CT molecular complexity index is 678. The monoisotopic (exact) mass is 246 g/mol. The van der Waals surface area contributed by atoms with Crippen LogP contribution in [0, 0.1) is 5.92 Å². The first kappa shape index (κ1) is 11.0. The van der Waals surface area contributed by atoms with E-state index in [-0.39, 0.29) is 5.41 Å². The third kappa shape index (κ3) is 1.40. The summed E-state index contributed by atoms with van der Waals surface area (Å²) in [5.41, 5.74) is 7.67. The molecule has 3 aliphatic carbocycles. The minimum absolute atomic E-state index is 0.183. The van der Waals surface area contributed by atoms with Gasteiger partial charge in [-0.1, -0.05) is 74.1 Å². The van der Waals surface area contributed by atoms with Crippen molar-refractivity contribution in [1.82, 2.24) is 0 Å². The molecule has 0 fully saturated rings. The number of fused-ring (bicyclic) bond motifs is 3. The Hall–Kier alpha value is -1.82. The maximum atomic E-state index is 2.41. The summed E-state index contributed by atoms with van der Waals surface area (Å²) in [6, 6.07) is 8.89. The minimum atomic E-state index is 0.183. The van der Waals surface area contributed by atoms with Gasteiger partial charge in [-0.2, -0.15) is 0 Å². The van der Waals surface area contributed by atoms with Crippen molar-refractivity contribution in [3.63, 3.8) is 0 Å². The van der Waals surface area contributed by atoms with Crippen molar-refractivity contribution in [2.75, 3.05) is 0 Å². The molecule has 1 unspecified atom stereocenters. The lowest BCUT2D eigenvalue weighted by molar-refractivity contribution is 0.576. The number of allylic oxidation sites excluding steroid dienone is 8. The van der Waals surface area contributed by atoms with E-state index in [9.17, 15) is 0 Å². The lowest BCUT2D eigenvalue weighted by Crippen LogP contribution is -2.21. The number of benzene rings is 1. The van der Waals surface area contributed by atoms with Crippen LogP contribution in [-0.2, 0) is 5.41 Å². The first-order valence-corrected chi connectivity index (χ1v) is 7.08. The second kappa shape index (κ2) is 3.60. The van der Waals surface area contributed by atoms with E-state index in [2.05, 4.69) is 68.5 Å². The fraction of sp³-hybridized carbons (Fsp3) is 0.263. The van der Waals surface area contributed by atoms with E-state index in [1.165, 1.54) is 28.7 Å². The van der Waals surface area contributed by atoms with Crippen molar-refractivity contribution in [2.24, 2.45) is 5.92 Å². The van der Waals surface area contributed by atoms with E-state index in [0.29, 0.717) is 5.92 Å². The Morgan fingerprint density at radius 1 is 1.11 bits per heavy atom. The molecule has 0 bridgehead atoms. The molecule has 0 heterocycles. The van der Waals surface area contributed by atoms with Crippen LogP contribution in [0.15, 0.2) is 65.8 Å². The summed E-state index contributed by atoms with van der Waals surface area (Å²) in [7, 11) is 0. The van der Waals surface area contributed by atoms with Gasteiger partial charge >= 0.3 is 0 Å². The van der Waals surface area contributed by atoms with Crippen LogP contribution in [0.4, 0.5) is 0 Å². The Morgan fingerprint density at radius 2 is 1.95 bits per heavy atom. The van der Waals surface area contributed by atoms with Crippen molar-refractivity contribution in [3.05, 3.63) is 76.9 Å². The van der Waals surface area contributed by atoms with Crippen LogP contribution < -0.4 is 0 Å². The average molecular weight is 246 g/mol. The Balaban J connectivity index is 1.94. The molecular formula is C19H18. The summed E-state index contributed by atoms with van der Waals surface area (Å²) in [5, 5.41) is 0. The molecule has 0 spiro atoms. The number of hydrogen-bond acceptors (Lipinski definition) is 0. The zero-order chi connectivity index (χ0) is 13.0. The van der Waals surface area contributed by atoms with Crippen LogP contribution >= 0.6 is 0 Å². The summed E-state index contributed by atoms with van der Waals surface area (Å²) in [4.78, 5) is 0. The highest BCUT2D eigenvalue weighted by Gasteiger charge is 2.39. The van der Waals surface area contributed by atoms with E-state index < -0.39 is 0 Å². The molecule has 0 nitrogen and oxygen atoms in total. The standard InChI is InChI=1S/C19H18/c1-19(2)17-10-6-5-9-15(17)16-11-13-7-3-4-8-14(13)12-18(16)19/h3-11,14H,12H2,1-2H3. The number of rotatable bonds is 0. The van der Waals surface area contributed by atoms with Gasteiger partial charge in [0.25, 0.3) is 0 Å². The van der Waals surface area contributed by atoms with Gasteiger partial charge in [-0.05, 0) is 28.7 Å². The van der Waals surface area contributed by atoms with E-state index >= 15 is 0 Å². The second-order valence-electron chi connectivity index (χ2n) is 6.26. The van der Waals surface area contributed by atoms with Gasteiger partial charge in [-0.15, -0.1) is 0 Å². The highest BCUT2D eigenvalue weighted by molar-refractivity contribution is 5.88. The topological polar surface area (TPSA) is 0 Å². The van der Waals surface area contributed by atoms with Crippen LogP contribution in [0.3, 0.4) is 0 Å². The van der Waals surface area contributed by atoms with Crippen molar-refractivity contribution in [2.45, 2.75) is 25.7 Å². The summed E-state index contributed by atoms with van der Waals surface area (Å²) >= 11 is 0. The molecule has 0 N–H and O–H groups in total. The lowest BCUT2D eigenvalue weighted by Gasteiger charge is -2.30. The smallest absolute Gasteiger partial charge is 0.0121 e. The SMILES string of the molecule is CC1(C)C2=C(C=C3C=CC=CC3C2)c2ccccc21. The highest BCUT2D eigenvalue weighted by Crippen LogP contribution is 2.52. The molecule has 3 aliphatic rings. The van der Waals surface area contributed by atoms with Gasteiger partial charge in [0.2, 0.25) is 0 Å². The number of hydrogen-bond donors (Lipinski definition) is 0. The summed E-state index contributed by atoms with van der Waals surface area (Å²) in [6.07, 6.45) is 12.5. The van der Waals surface area contributed by atoms with E-state index in [0.717, 1.165) is 0 Å². The van der Waals surface area contributed by atoms with E-state index in [1.54, 1.807) is 5.57 Å². The molecule has 0 saturated carbocycles. The molecule has 0 aromatic heterocycles. The highest BCUT2D eigenvalue weighted by atomic mass is 14.4.